The van der Waals surface area contributed by atoms with Gasteiger partial charge in [-0.2, -0.15) is 0 Å². The van der Waals surface area contributed by atoms with Crippen molar-refractivity contribution >= 4 is 32.8 Å². The Kier molecular flexibility index (Phi) is 11.4. The number of aryl methyl sites for hydroxylation is 1. The van der Waals surface area contributed by atoms with Gasteiger partial charge in [-0.3, -0.25) is 9.55 Å². The molecule has 0 aliphatic heterocycles. The Morgan fingerprint density at radius 3 is 1.75 bits per heavy atom. The molecule has 8 aromatic carbocycles. The number of para-hydroxylation sites is 4. The quantitative estimate of drug-likeness (QED) is 0.173. The Morgan fingerprint density at radius 1 is 0.438 bits per heavy atom. The van der Waals surface area contributed by atoms with Gasteiger partial charge in [-0.1, -0.05) is 159 Å². The van der Waals surface area contributed by atoms with Gasteiger partial charge in [0.05, 0.1) is 33.3 Å². The summed E-state index contributed by atoms with van der Waals surface area (Å²) in [5.74, 6) is 0.877. The minimum atomic E-state index is -0.112. The topological polar surface area (TPSA) is 55.9 Å². The van der Waals surface area contributed by atoms with Crippen molar-refractivity contribution in [1.29, 1.82) is 0 Å². The standard InChI is InChI=1S/C68H64N4O/c1-42-34-60-63(70-65(57-23-16-18-27-61(57)73)72(60)53-40-50(67(6,7)8)39-51(41-53)68(9,10)11)62(43(42)2)48-36-46(44-28-30-49(31-29-44)66(3,4)5)35-47(37-48)58-38-45(32-33-69-58)54-24-19-25-56-55-22-15-17-26-59(55)71(64(54)56)52-20-13-12-14-21-52/h12-41,73H,1-11H3. The number of hydrogen-bond acceptors (Lipinski definition) is 3. The number of nitrogens with zero attached hydrogens (tertiary/aromatic N) is 4. The van der Waals surface area contributed by atoms with Crippen LogP contribution >= 0.6 is 0 Å². The first kappa shape index (κ1) is 47.3. The van der Waals surface area contributed by atoms with E-state index in [0.717, 1.165) is 83.7 Å². The number of rotatable bonds is 7. The maximum Gasteiger partial charge on any atom is 0.149 e. The van der Waals surface area contributed by atoms with Crippen molar-refractivity contribution < 1.29 is 5.11 Å². The molecule has 0 saturated heterocycles. The van der Waals surface area contributed by atoms with Gasteiger partial charge < -0.3 is 9.67 Å². The molecule has 362 valence electrons. The van der Waals surface area contributed by atoms with Gasteiger partial charge >= 0.3 is 0 Å². The lowest BCUT2D eigenvalue weighted by Crippen LogP contribution is -2.17. The number of imidazole rings is 1. The smallest absolute Gasteiger partial charge is 0.149 e. The highest BCUT2D eigenvalue weighted by Crippen LogP contribution is 2.45. The maximum atomic E-state index is 11.6. The Balaban J connectivity index is 1.18. The first-order valence-electron chi connectivity index (χ1n) is 25.6. The van der Waals surface area contributed by atoms with Crippen LogP contribution in [0.4, 0.5) is 0 Å². The zero-order valence-corrected chi connectivity index (χ0v) is 44.1. The summed E-state index contributed by atoms with van der Waals surface area (Å²) in [5.41, 5.74) is 21.3. The van der Waals surface area contributed by atoms with Gasteiger partial charge in [0.15, 0.2) is 0 Å². The monoisotopic (exact) mass is 953 g/mol. The Bertz CT molecular complexity index is 3890. The fourth-order valence-corrected chi connectivity index (χ4v) is 10.6. The van der Waals surface area contributed by atoms with E-state index in [4.69, 9.17) is 9.97 Å². The SMILES string of the molecule is Cc1cc2c(nc(-c3ccccc3O)n2-c2cc(C(C)(C)C)cc(C(C)(C)C)c2)c(-c2cc(-c3ccc(C(C)(C)C)cc3)cc(-c3cc(-c4cccc5c6ccccc6n(-c6ccccc6)c45)ccn3)c2)c1C. The zero-order valence-electron chi connectivity index (χ0n) is 44.1. The number of pyridine rings is 1. The number of fused-ring (bicyclic) bond motifs is 4. The minimum Gasteiger partial charge on any atom is -0.507 e. The molecular weight excluding hydrogens is 889 g/mol. The normalized spacial score (nSPS) is 12.4. The highest BCUT2D eigenvalue weighted by molar-refractivity contribution is 6.14. The van der Waals surface area contributed by atoms with E-state index in [1.807, 2.05) is 24.4 Å². The fraction of sp³-hybridized carbons (Fsp3) is 0.206. The Labute approximate surface area is 430 Å². The number of hydrogen-bond donors (Lipinski definition) is 1. The molecule has 0 atom stereocenters. The highest BCUT2D eigenvalue weighted by Gasteiger charge is 2.27. The molecule has 0 radical (unpaired) electrons. The van der Waals surface area contributed by atoms with Crippen LogP contribution in [0.25, 0.3) is 100 Å². The molecule has 3 heterocycles. The van der Waals surface area contributed by atoms with E-state index in [9.17, 15) is 5.11 Å². The van der Waals surface area contributed by atoms with E-state index in [1.165, 1.54) is 33.0 Å². The molecule has 3 aromatic heterocycles. The second-order valence-corrected chi connectivity index (χ2v) is 23.1. The van der Waals surface area contributed by atoms with Crippen LogP contribution in [0, 0.1) is 13.8 Å². The fourth-order valence-electron chi connectivity index (χ4n) is 10.6. The third-order valence-electron chi connectivity index (χ3n) is 14.9. The summed E-state index contributed by atoms with van der Waals surface area (Å²) in [6.07, 6.45) is 1.96. The van der Waals surface area contributed by atoms with Crippen molar-refractivity contribution in [2.75, 3.05) is 0 Å². The van der Waals surface area contributed by atoms with Crippen molar-refractivity contribution in [3.05, 3.63) is 210 Å². The zero-order chi connectivity index (χ0) is 51.1. The molecule has 0 unspecified atom stereocenters. The van der Waals surface area contributed by atoms with E-state index in [1.54, 1.807) is 6.07 Å². The van der Waals surface area contributed by atoms with E-state index >= 15 is 0 Å². The van der Waals surface area contributed by atoms with Gasteiger partial charge in [0.25, 0.3) is 0 Å². The van der Waals surface area contributed by atoms with Crippen molar-refractivity contribution in [2.45, 2.75) is 92.4 Å². The van der Waals surface area contributed by atoms with Gasteiger partial charge in [0, 0.05) is 45.0 Å². The largest absolute Gasteiger partial charge is 0.507 e. The number of aromatic hydroxyl groups is 1. The second kappa shape index (κ2) is 17.6. The number of benzene rings is 8. The molecule has 0 aliphatic rings. The summed E-state index contributed by atoms with van der Waals surface area (Å²) in [6, 6.07) is 63.2. The summed E-state index contributed by atoms with van der Waals surface area (Å²) in [6.45, 7) is 24.9. The van der Waals surface area contributed by atoms with Crippen molar-refractivity contribution in [1.82, 2.24) is 19.1 Å². The molecule has 0 amide bonds. The molecule has 0 aliphatic carbocycles. The summed E-state index contributed by atoms with van der Waals surface area (Å²) in [4.78, 5) is 10.8. The summed E-state index contributed by atoms with van der Waals surface area (Å²) < 4.78 is 4.68. The maximum absolute atomic E-state index is 11.6. The Hall–Kier alpha value is -8.02. The van der Waals surface area contributed by atoms with E-state index < -0.39 is 0 Å². The van der Waals surface area contributed by atoms with E-state index in [2.05, 4.69) is 237 Å². The van der Waals surface area contributed by atoms with Crippen molar-refractivity contribution in [3.63, 3.8) is 0 Å². The molecular formula is C68H64N4O. The first-order valence-corrected chi connectivity index (χ1v) is 25.6. The van der Waals surface area contributed by atoms with Crippen LogP contribution < -0.4 is 0 Å². The van der Waals surface area contributed by atoms with Crippen LogP contribution in [0.1, 0.15) is 90.1 Å². The molecule has 0 fully saturated rings. The summed E-state index contributed by atoms with van der Waals surface area (Å²) >= 11 is 0. The van der Waals surface area contributed by atoms with Crippen LogP contribution in [-0.2, 0) is 16.2 Å². The summed E-state index contributed by atoms with van der Waals surface area (Å²) in [7, 11) is 0. The third-order valence-corrected chi connectivity index (χ3v) is 14.9. The predicted octanol–water partition coefficient (Wildman–Crippen LogP) is 18.1. The van der Waals surface area contributed by atoms with E-state index in [-0.39, 0.29) is 22.0 Å². The van der Waals surface area contributed by atoms with Crippen LogP contribution in [-0.4, -0.2) is 24.2 Å². The Morgan fingerprint density at radius 2 is 1.05 bits per heavy atom. The number of aromatic nitrogens is 4. The van der Waals surface area contributed by atoms with Gasteiger partial charge in [-0.05, 0) is 159 Å². The van der Waals surface area contributed by atoms with Gasteiger partial charge in [0.2, 0.25) is 0 Å². The lowest BCUT2D eigenvalue weighted by atomic mass is 9.80. The van der Waals surface area contributed by atoms with Gasteiger partial charge in [-0.25, -0.2) is 4.98 Å². The minimum absolute atomic E-state index is 0.0129. The average Bonchev–Trinajstić information content (AvgIpc) is 3.92. The average molecular weight is 953 g/mol. The highest BCUT2D eigenvalue weighted by atomic mass is 16.3. The number of phenolic OH excluding ortho intramolecular Hbond substituents is 1. The van der Waals surface area contributed by atoms with Gasteiger partial charge in [0.1, 0.15) is 11.6 Å². The predicted molar refractivity (Wildman–Crippen MR) is 308 cm³/mol. The molecule has 73 heavy (non-hydrogen) atoms. The molecule has 0 bridgehead atoms. The summed E-state index contributed by atoms with van der Waals surface area (Å²) in [5, 5.41) is 14.1. The second-order valence-electron chi connectivity index (χ2n) is 23.1. The molecule has 0 spiro atoms. The van der Waals surface area contributed by atoms with Gasteiger partial charge in [-0.15, -0.1) is 0 Å². The van der Waals surface area contributed by atoms with Crippen LogP contribution in [0.3, 0.4) is 0 Å². The lowest BCUT2D eigenvalue weighted by molar-refractivity contribution is 0.477. The first-order chi connectivity index (χ1) is 34.8. The molecule has 1 N–H and O–H groups in total. The molecule has 11 aromatic rings. The molecule has 5 nitrogen and oxygen atoms in total. The molecule has 5 heteroatoms. The van der Waals surface area contributed by atoms with Crippen molar-refractivity contribution in [3.8, 4) is 73.2 Å². The van der Waals surface area contributed by atoms with Crippen LogP contribution in [0.5, 0.6) is 5.75 Å². The van der Waals surface area contributed by atoms with Crippen LogP contribution in [0.15, 0.2) is 182 Å². The van der Waals surface area contributed by atoms with Crippen molar-refractivity contribution in [2.24, 2.45) is 0 Å². The molecule has 11 rings (SSSR count). The van der Waals surface area contributed by atoms with E-state index in [0.29, 0.717) is 11.4 Å². The third kappa shape index (κ3) is 8.51. The number of phenols is 1. The molecule has 0 saturated carbocycles. The van der Waals surface area contributed by atoms with Crippen LogP contribution in [0.2, 0.25) is 0 Å². The lowest BCUT2D eigenvalue weighted by Gasteiger charge is -2.27.